The van der Waals surface area contributed by atoms with E-state index in [1.165, 1.54) is 20.5 Å². The van der Waals surface area contributed by atoms with E-state index in [-0.39, 0.29) is 0 Å². The van der Waals surface area contributed by atoms with Crippen LogP contribution < -0.4 is 5.32 Å². The standard InChI is InChI=1S/C16H20BrNS/c1-3-8-18-15(11-16-14(17)7-9-19-16)13-6-4-5-12(2)10-13/h4-7,9-10,15,18H,3,8,11H2,1-2H3. The molecule has 0 saturated heterocycles. The lowest BCUT2D eigenvalue weighted by Crippen LogP contribution is -2.24. The van der Waals surface area contributed by atoms with Crippen LogP contribution in [0.1, 0.15) is 35.4 Å². The van der Waals surface area contributed by atoms with Gasteiger partial charge in [-0.05, 0) is 52.8 Å². The van der Waals surface area contributed by atoms with Crippen LogP contribution in [0.3, 0.4) is 0 Å². The highest BCUT2D eigenvalue weighted by Crippen LogP contribution is 2.28. The molecule has 0 aliphatic rings. The zero-order chi connectivity index (χ0) is 13.7. The maximum Gasteiger partial charge on any atom is 0.0369 e. The Kier molecular flexibility index (Phi) is 5.61. The maximum atomic E-state index is 3.66. The Bertz CT molecular complexity index is 521. The Morgan fingerprint density at radius 1 is 1.32 bits per heavy atom. The molecular weight excluding hydrogens is 318 g/mol. The van der Waals surface area contributed by atoms with Gasteiger partial charge >= 0.3 is 0 Å². The fourth-order valence-electron chi connectivity index (χ4n) is 2.17. The molecule has 102 valence electrons. The summed E-state index contributed by atoms with van der Waals surface area (Å²) in [6, 6.07) is 11.3. The van der Waals surface area contributed by atoms with Crippen LogP contribution in [0.15, 0.2) is 40.2 Å². The first kappa shape index (κ1) is 14.8. The van der Waals surface area contributed by atoms with Crippen LogP contribution >= 0.6 is 27.3 Å². The molecule has 1 aromatic heterocycles. The normalized spacial score (nSPS) is 12.6. The Morgan fingerprint density at radius 3 is 2.79 bits per heavy atom. The average molecular weight is 338 g/mol. The van der Waals surface area contributed by atoms with Gasteiger partial charge in [0.15, 0.2) is 0 Å². The summed E-state index contributed by atoms with van der Waals surface area (Å²) in [5.41, 5.74) is 2.71. The highest BCUT2D eigenvalue weighted by Gasteiger charge is 2.14. The molecule has 1 N–H and O–H groups in total. The van der Waals surface area contributed by atoms with Gasteiger partial charge in [-0.1, -0.05) is 36.8 Å². The van der Waals surface area contributed by atoms with Gasteiger partial charge in [-0.15, -0.1) is 11.3 Å². The Balaban J connectivity index is 2.18. The molecule has 19 heavy (non-hydrogen) atoms. The Hall–Kier alpha value is -0.640. The van der Waals surface area contributed by atoms with E-state index in [1.54, 1.807) is 0 Å². The molecule has 0 bridgehead atoms. The Labute approximate surface area is 128 Å². The van der Waals surface area contributed by atoms with Crippen LogP contribution in [-0.4, -0.2) is 6.54 Å². The van der Waals surface area contributed by atoms with Gasteiger partial charge < -0.3 is 5.32 Å². The predicted molar refractivity (Wildman–Crippen MR) is 87.9 cm³/mol. The van der Waals surface area contributed by atoms with Gasteiger partial charge in [-0.3, -0.25) is 0 Å². The lowest BCUT2D eigenvalue weighted by atomic mass is 10.0. The first-order valence-corrected chi connectivity index (χ1v) is 8.39. The van der Waals surface area contributed by atoms with E-state index in [0.29, 0.717) is 6.04 Å². The molecule has 0 radical (unpaired) electrons. The molecule has 0 saturated carbocycles. The molecule has 0 amide bonds. The summed E-state index contributed by atoms with van der Waals surface area (Å²) in [6.45, 7) is 5.42. The van der Waals surface area contributed by atoms with Crippen molar-refractivity contribution in [1.82, 2.24) is 5.32 Å². The van der Waals surface area contributed by atoms with Crippen molar-refractivity contribution in [1.29, 1.82) is 0 Å². The summed E-state index contributed by atoms with van der Waals surface area (Å²) in [5, 5.41) is 5.81. The molecular formula is C16H20BrNS. The van der Waals surface area contributed by atoms with Crippen LogP contribution in [0.25, 0.3) is 0 Å². The zero-order valence-electron chi connectivity index (χ0n) is 11.4. The monoisotopic (exact) mass is 337 g/mol. The smallest absolute Gasteiger partial charge is 0.0369 e. The summed E-state index contributed by atoms with van der Waals surface area (Å²) in [4.78, 5) is 1.41. The van der Waals surface area contributed by atoms with Gasteiger partial charge in [0.2, 0.25) is 0 Å². The number of benzene rings is 1. The van der Waals surface area contributed by atoms with Crippen LogP contribution in [-0.2, 0) is 6.42 Å². The van der Waals surface area contributed by atoms with Crippen LogP contribution in [0, 0.1) is 6.92 Å². The van der Waals surface area contributed by atoms with Crippen molar-refractivity contribution >= 4 is 27.3 Å². The molecule has 1 atom stereocenters. The summed E-state index contributed by atoms with van der Waals surface area (Å²) in [5.74, 6) is 0. The molecule has 1 heterocycles. The maximum absolute atomic E-state index is 3.66. The largest absolute Gasteiger partial charge is 0.310 e. The van der Waals surface area contributed by atoms with Gasteiger partial charge in [0.1, 0.15) is 0 Å². The number of halogens is 1. The third-order valence-corrected chi connectivity index (χ3v) is 5.11. The lowest BCUT2D eigenvalue weighted by Gasteiger charge is -2.19. The first-order valence-electron chi connectivity index (χ1n) is 6.72. The van der Waals surface area contributed by atoms with E-state index in [9.17, 15) is 0 Å². The van der Waals surface area contributed by atoms with Crippen LogP contribution in [0.5, 0.6) is 0 Å². The van der Waals surface area contributed by atoms with Crippen molar-refractivity contribution in [3.8, 4) is 0 Å². The molecule has 2 aromatic rings. The van der Waals surface area contributed by atoms with Crippen LogP contribution in [0.4, 0.5) is 0 Å². The van der Waals surface area contributed by atoms with E-state index >= 15 is 0 Å². The number of hydrogen-bond acceptors (Lipinski definition) is 2. The second-order valence-corrected chi connectivity index (χ2v) is 6.67. The van der Waals surface area contributed by atoms with E-state index in [4.69, 9.17) is 0 Å². The number of thiophene rings is 1. The predicted octanol–water partition coefficient (Wildman–Crippen LogP) is 5.10. The number of aryl methyl sites for hydroxylation is 1. The topological polar surface area (TPSA) is 12.0 Å². The fraction of sp³-hybridized carbons (Fsp3) is 0.375. The van der Waals surface area contributed by atoms with Crippen molar-refractivity contribution in [2.75, 3.05) is 6.54 Å². The van der Waals surface area contributed by atoms with E-state index in [0.717, 1.165) is 19.4 Å². The van der Waals surface area contributed by atoms with Gasteiger partial charge in [0.05, 0.1) is 0 Å². The van der Waals surface area contributed by atoms with Gasteiger partial charge in [-0.25, -0.2) is 0 Å². The Morgan fingerprint density at radius 2 is 2.16 bits per heavy atom. The number of hydrogen-bond donors (Lipinski definition) is 1. The first-order chi connectivity index (χ1) is 9.20. The van der Waals surface area contributed by atoms with Gasteiger partial charge in [0, 0.05) is 21.8 Å². The highest BCUT2D eigenvalue weighted by atomic mass is 79.9. The fourth-order valence-corrected chi connectivity index (χ4v) is 3.73. The molecule has 0 aliphatic carbocycles. The summed E-state index contributed by atoms with van der Waals surface area (Å²) in [7, 11) is 0. The molecule has 1 nitrogen and oxygen atoms in total. The molecule has 2 rings (SSSR count). The summed E-state index contributed by atoms with van der Waals surface area (Å²) >= 11 is 5.46. The second kappa shape index (κ2) is 7.22. The van der Waals surface area contributed by atoms with E-state index in [2.05, 4.69) is 70.8 Å². The molecule has 0 fully saturated rings. The van der Waals surface area contributed by atoms with Gasteiger partial charge in [0.25, 0.3) is 0 Å². The van der Waals surface area contributed by atoms with E-state index in [1.807, 2.05) is 11.3 Å². The molecule has 0 spiro atoms. The zero-order valence-corrected chi connectivity index (χ0v) is 13.9. The lowest BCUT2D eigenvalue weighted by molar-refractivity contribution is 0.531. The summed E-state index contributed by atoms with van der Waals surface area (Å²) < 4.78 is 1.23. The third-order valence-electron chi connectivity index (χ3n) is 3.17. The summed E-state index contributed by atoms with van der Waals surface area (Å²) in [6.07, 6.45) is 2.20. The van der Waals surface area contributed by atoms with Crippen molar-refractivity contribution in [2.45, 2.75) is 32.7 Å². The number of nitrogens with one attached hydrogen (secondary N) is 1. The SMILES string of the molecule is CCCNC(Cc1sccc1Br)c1cccc(C)c1. The second-order valence-electron chi connectivity index (χ2n) is 4.82. The molecule has 1 aromatic carbocycles. The minimum Gasteiger partial charge on any atom is -0.310 e. The quantitative estimate of drug-likeness (QED) is 0.772. The average Bonchev–Trinajstić information content (AvgIpc) is 2.80. The van der Waals surface area contributed by atoms with E-state index < -0.39 is 0 Å². The van der Waals surface area contributed by atoms with Crippen molar-refractivity contribution in [3.63, 3.8) is 0 Å². The number of rotatable bonds is 6. The van der Waals surface area contributed by atoms with Crippen molar-refractivity contribution in [2.24, 2.45) is 0 Å². The minimum absolute atomic E-state index is 0.398. The molecule has 3 heteroatoms. The van der Waals surface area contributed by atoms with Crippen molar-refractivity contribution in [3.05, 3.63) is 56.2 Å². The highest BCUT2D eigenvalue weighted by molar-refractivity contribution is 9.10. The van der Waals surface area contributed by atoms with Gasteiger partial charge in [-0.2, -0.15) is 0 Å². The van der Waals surface area contributed by atoms with Crippen LogP contribution in [0.2, 0.25) is 0 Å². The molecule has 1 unspecified atom stereocenters. The molecule has 0 aliphatic heterocycles. The van der Waals surface area contributed by atoms with Crippen molar-refractivity contribution < 1.29 is 0 Å². The third kappa shape index (κ3) is 4.16. The minimum atomic E-state index is 0.398.